The van der Waals surface area contributed by atoms with Gasteiger partial charge < -0.3 is 23.8 Å². The summed E-state index contributed by atoms with van der Waals surface area (Å²) in [7, 11) is 1.84. The van der Waals surface area contributed by atoms with Crippen LogP contribution in [-0.4, -0.2) is 76.7 Å². The molecule has 1 atom stereocenters. The van der Waals surface area contributed by atoms with Gasteiger partial charge in [0, 0.05) is 33.2 Å². The number of carbonyl (C=O) groups is 2. The second-order valence-electron chi connectivity index (χ2n) is 8.97. The lowest BCUT2D eigenvalue weighted by Crippen LogP contribution is -2.51. The fourth-order valence-electron chi connectivity index (χ4n) is 5.25. The van der Waals surface area contributed by atoms with Gasteiger partial charge in [-0.3, -0.25) is 9.59 Å². The average Bonchev–Trinajstić information content (AvgIpc) is 3.25. The molecule has 8 nitrogen and oxygen atoms in total. The first kappa shape index (κ1) is 21.2. The molecule has 3 aliphatic rings. The van der Waals surface area contributed by atoms with Gasteiger partial charge in [-0.15, -0.1) is 0 Å². The second kappa shape index (κ2) is 8.67. The first-order valence-corrected chi connectivity index (χ1v) is 11.4. The molecule has 8 heteroatoms. The van der Waals surface area contributed by atoms with Crippen molar-refractivity contribution in [2.75, 3.05) is 39.4 Å². The van der Waals surface area contributed by atoms with Gasteiger partial charge in [0.05, 0.1) is 43.9 Å². The molecule has 2 fully saturated rings. The number of hydrogen-bond acceptors (Lipinski definition) is 5. The molecule has 3 aliphatic heterocycles. The molecule has 4 heterocycles. The minimum atomic E-state index is -0.450. The van der Waals surface area contributed by atoms with E-state index in [1.807, 2.05) is 16.8 Å². The van der Waals surface area contributed by atoms with E-state index in [-0.39, 0.29) is 17.9 Å². The number of imidazole rings is 1. The normalized spacial score (nSPS) is 22.6. The second-order valence-corrected chi connectivity index (χ2v) is 8.97. The molecule has 170 valence electrons. The molecule has 0 N–H and O–H groups in total. The molecule has 2 amide bonds. The van der Waals surface area contributed by atoms with Gasteiger partial charge in [0.25, 0.3) is 5.91 Å². The largest absolute Gasteiger partial charge is 0.378 e. The third-order valence-electron chi connectivity index (χ3n) is 7.01. The van der Waals surface area contributed by atoms with Crippen LogP contribution in [0.4, 0.5) is 0 Å². The number of piperidine rings is 1. The standard InChI is InChI=1S/C24H30N4O4/c1-26-17-25-16-21(26)23(30)28-8-6-24(7-9-28)20-5-3-2-4-18(20)14-19(32-24)15-22(29)27-10-12-31-13-11-27/h2-5,16-17,19H,6-15H2,1H3. The SMILES string of the molecule is Cn1cncc1C(=O)N1CCC2(CC1)OC(CC(=O)N1CCOCC1)Cc1ccccc12. The molecular weight excluding hydrogens is 408 g/mol. The van der Waals surface area contributed by atoms with Crippen molar-refractivity contribution in [3.8, 4) is 0 Å². The van der Waals surface area contributed by atoms with E-state index in [9.17, 15) is 9.59 Å². The molecule has 0 bridgehead atoms. The van der Waals surface area contributed by atoms with Crippen molar-refractivity contribution in [2.24, 2.45) is 7.05 Å². The van der Waals surface area contributed by atoms with Crippen molar-refractivity contribution in [1.82, 2.24) is 19.4 Å². The molecule has 32 heavy (non-hydrogen) atoms. The number of aromatic nitrogens is 2. The maximum atomic E-state index is 12.9. The predicted molar refractivity (Wildman–Crippen MR) is 117 cm³/mol. The molecule has 0 saturated carbocycles. The zero-order valence-electron chi connectivity index (χ0n) is 18.5. The van der Waals surface area contributed by atoms with Crippen molar-refractivity contribution < 1.29 is 19.1 Å². The Balaban J connectivity index is 1.32. The van der Waals surface area contributed by atoms with Gasteiger partial charge in [-0.05, 0) is 30.4 Å². The van der Waals surface area contributed by atoms with Gasteiger partial charge in [0.1, 0.15) is 5.69 Å². The number of amides is 2. The van der Waals surface area contributed by atoms with Crippen molar-refractivity contribution in [3.63, 3.8) is 0 Å². The van der Waals surface area contributed by atoms with Crippen LogP contribution in [0.1, 0.15) is 40.9 Å². The van der Waals surface area contributed by atoms with Crippen LogP contribution in [0.5, 0.6) is 0 Å². The van der Waals surface area contributed by atoms with Gasteiger partial charge in [0.2, 0.25) is 5.91 Å². The van der Waals surface area contributed by atoms with Crippen molar-refractivity contribution in [1.29, 1.82) is 0 Å². The first-order valence-electron chi connectivity index (χ1n) is 11.4. The highest BCUT2D eigenvalue weighted by Gasteiger charge is 2.45. The first-order chi connectivity index (χ1) is 15.6. The van der Waals surface area contributed by atoms with E-state index >= 15 is 0 Å². The van der Waals surface area contributed by atoms with E-state index in [0.717, 1.165) is 19.3 Å². The van der Waals surface area contributed by atoms with E-state index < -0.39 is 5.60 Å². The highest BCUT2D eigenvalue weighted by Crippen LogP contribution is 2.44. The van der Waals surface area contributed by atoms with Gasteiger partial charge in [-0.25, -0.2) is 4.98 Å². The number of nitrogens with zero attached hydrogens (tertiary/aromatic N) is 4. The lowest BCUT2D eigenvalue weighted by atomic mass is 9.77. The van der Waals surface area contributed by atoms with Crippen molar-refractivity contribution in [2.45, 2.75) is 37.4 Å². The zero-order valence-corrected chi connectivity index (χ0v) is 18.5. The number of ether oxygens (including phenoxy) is 2. The van der Waals surface area contributed by atoms with Gasteiger partial charge in [-0.1, -0.05) is 24.3 Å². The molecular formula is C24H30N4O4. The van der Waals surface area contributed by atoms with Crippen LogP contribution in [0.3, 0.4) is 0 Å². The summed E-state index contributed by atoms with van der Waals surface area (Å²) in [5.74, 6) is 0.139. The van der Waals surface area contributed by atoms with Crippen LogP contribution in [0.15, 0.2) is 36.8 Å². The summed E-state index contributed by atoms with van der Waals surface area (Å²) in [6.45, 7) is 3.73. The number of aryl methyl sites for hydroxylation is 1. The van der Waals surface area contributed by atoms with E-state index in [2.05, 4.69) is 29.2 Å². The zero-order chi connectivity index (χ0) is 22.1. The van der Waals surface area contributed by atoms with Crippen molar-refractivity contribution >= 4 is 11.8 Å². The van der Waals surface area contributed by atoms with Crippen LogP contribution >= 0.6 is 0 Å². The number of benzene rings is 1. The van der Waals surface area contributed by atoms with Crippen LogP contribution < -0.4 is 0 Å². The van der Waals surface area contributed by atoms with Gasteiger partial charge in [-0.2, -0.15) is 0 Å². The molecule has 1 unspecified atom stereocenters. The summed E-state index contributed by atoms with van der Waals surface area (Å²) in [4.78, 5) is 33.7. The maximum Gasteiger partial charge on any atom is 0.272 e. The smallest absolute Gasteiger partial charge is 0.272 e. The number of morpholine rings is 1. The minimum Gasteiger partial charge on any atom is -0.378 e. The fourth-order valence-corrected chi connectivity index (χ4v) is 5.25. The number of likely N-dealkylation sites (tertiary alicyclic amines) is 1. The Labute approximate surface area is 188 Å². The Hall–Kier alpha value is -2.71. The highest BCUT2D eigenvalue weighted by molar-refractivity contribution is 5.92. The Kier molecular flexibility index (Phi) is 5.73. The molecule has 2 saturated heterocycles. The fraction of sp³-hybridized carbons (Fsp3) is 0.542. The molecule has 0 radical (unpaired) electrons. The van der Waals surface area contributed by atoms with E-state index in [1.165, 1.54) is 11.1 Å². The summed E-state index contributed by atoms with van der Waals surface area (Å²) in [5, 5.41) is 0. The summed E-state index contributed by atoms with van der Waals surface area (Å²) >= 11 is 0. The molecule has 1 spiro atoms. The van der Waals surface area contributed by atoms with Gasteiger partial charge >= 0.3 is 0 Å². The lowest BCUT2D eigenvalue weighted by molar-refractivity contribution is -0.155. The minimum absolute atomic E-state index is 0.00277. The Bertz CT molecular complexity index is 989. The molecule has 1 aromatic heterocycles. The monoisotopic (exact) mass is 438 g/mol. The van der Waals surface area contributed by atoms with E-state index in [0.29, 0.717) is 51.5 Å². The maximum absolute atomic E-state index is 12.9. The number of carbonyl (C=O) groups excluding carboxylic acids is 2. The Morgan fingerprint density at radius 2 is 1.84 bits per heavy atom. The number of fused-ring (bicyclic) bond motifs is 2. The lowest BCUT2D eigenvalue weighted by Gasteiger charge is -2.47. The third kappa shape index (κ3) is 3.93. The van der Waals surface area contributed by atoms with Gasteiger partial charge in [0.15, 0.2) is 0 Å². The van der Waals surface area contributed by atoms with Crippen LogP contribution in [0.2, 0.25) is 0 Å². The summed E-state index contributed by atoms with van der Waals surface area (Å²) in [5.41, 5.74) is 2.61. The molecule has 1 aromatic carbocycles. The third-order valence-corrected chi connectivity index (χ3v) is 7.01. The molecule has 5 rings (SSSR count). The Morgan fingerprint density at radius 3 is 2.56 bits per heavy atom. The van der Waals surface area contributed by atoms with Crippen molar-refractivity contribution in [3.05, 3.63) is 53.6 Å². The molecule has 0 aliphatic carbocycles. The van der Waals surface area contributed by atoms with Crippen LogP contribution in [-0.2, 0) is 33.3 Å². The predicted octanol–water partition coefficient (Wildman–Crippen LogP) is 1.74. The summed E-state index contributed by atoms with van der Waals surface area (Å²) < 4.78 is 13.8. The highest BCUT2D eigenvalue weighted by atomic mass is 16.5. The quantitative estimate of drug-likeness (QED) is 0.730. The Morgan fingerprint density at radius 1 is 1.09 bits per heavy atom. The van der Waals surface area contributed by atoms with Crippen LogP contribution in [0, 0.1) is 0 Å². The molecule has 2 aromatic rings. The van der Waals surface area contributed by atoms with Crippen LogP contribution in [0.25, 0.3) is 0 Å². The number of hydrogen-bond donors (Lipinski definition) is 0. The van der Waals surface area contributed by atoms with E-state index in [4.69, 9.17) is 9.47 Å². The van der Waals surface area contributed by atoms with E-state index in [1.54, 1.807) is 17.1 Å². The average molecular weight is 439 g/mol. The topological polar surface area (TPSA) is 76.9 Å². The summed E-state index contributed by atoms with van der Waals surface area (Å²) in [6, 6.07) is 8.41. The number of rotatable bonds is 3. The summed E-state index contributed by atoms with van der Waals surface area (Å²) in [6.07, 6.45) is 5.67.